The van der Waals surface area contributed by atoms with Gasteiger partial charge < -0.3 is 4.74 Å². The van der Waals surface area contributed by atoms with Gasteiger partial charge in [-0.15, -0.1) is 0 Å². The van der Waals surface area contributed by atoms with Gasteiger partial charge in [0.15, 0.2) is 5.82 Å². The highest BCUT2D eigenvalue weighted by Crippen LogP contribution is 2.25. The van der Waals surface area contributed by atoms with Crippen molar-refractivity contribution in [2.24, 2.45) is 0 Å². The van der Waals surface area contributed by atoms with E-state index in [0.717, 1.165) is 12.1 Å². The maximum absolute atomic E-state index is 12.9. The Morgan fingerprint density at radius 1 is 1.43 bits per heavy atom. The van der Waals surface area contributed by atoms with Crippen molar-refractivity contribution < 1.29 is 17.9 Å². The van der Waals surface area contributed by atoms with Crippen molar-refractivity contribution in [1.82, 2.24) is 0 Å². The van der Waals surface area contributed by atoms with E-state index < -0.39 is 23.0 Å². The van der Waals surface area contributed by atoms with Gasteiger partial charge in [-0.1, -0.05) is 11.6 Å². The molecule has 1 aromatic rings. The fourth-order valence-electron chi connectivity index (χ4n) is 0.816. The normalized spacial score (nSPS) is 10.0. The molecule has 14 heavy (non-hydrogen) atoms. The molecule has 74 valence electrons. The monoisotopic (exact) mass is 221 g/mol. The lowest BCUT2D eigenvalue weighted by atomic mass is 10.2. The van der Waals surface area contributed by atoms with Crippen molar-refractivity contribution in [2.75, 3.05) is 0 Å². The van der Waals surface area contributed by atoms with Crippen LogP contribution in [-0.4, -0.2) is 6.61 Å². The molecule has 0 fully saturated rings. The van der Waals surface area contributed by atoms with E-state index >= 15 is 0 Å². The molecule has 0 amide bonds. The number of benzene rings is 1. The van der Waals surface area contributed by atoms with Crippen molar-refractivity contribution in [3.8, 4) is 11.8 Å². The fraction of sp³-hybridized carbons (Fsp3) is 0.125. The van der Waals surface area contributed by atoms with Gasteiger partial charge in [0, 0.05) is 12.1 Å². The van der Waals surface area contributed by atoms with Crippen LogP contribution in [0.1, 0.15) is 5.56 Å². The molecule has 0 radical (unpaired) electrons. The Kier molecular flexibility index (Phi) is 3.20. The number of alkyl halides is 2. The highest BCUT2D eigenvalue weighted by molar-refractivity contribution is 6.31. The summed E-state index contributed by atoms with van der Waals surface area (Å²) in [6, 6.07) is 3.20. The van der Waals surface area contributed by atoms with Crippen LogP contribution >= 0.6 is 11.6 Å². The topological polar surface area (TPSA) is 33.0 Å². The maximum atomic E-state index is 12.9. The van der Waals surface area contributed by atoms with Gasteiger partial charge >= 0.3 is 6.61 Å². The summed E-state index contributed by atoms with van der Waals surface area (Å²) in [5, 5.41) is 7.98. The highest BCUT2D eigenvalue weighted by atomic mass is 35.5. The van der Waals surface area contributed by atoms with Crippen LogP contribution in [0, 0.1) is 17.1 Å². The highest BCUT2D eigenvalue weighted by Gasteiger charge is 2.12. The summed E-state index contributed by atoms with van der Waals surface area (Å²) < 4.78 is 40.4. The molecule has 0 saturated heterocycles. The van der Waals surface area contributed by atoms with Crippen LogP contribution < -0.4 is 4.74 Å². The molecule has 0 bridgehead atoms. The Bertz CT molecular complexity index is 389. The molecule has 0 spiro atoms. The molecule has 0 aliphatic carbocycles. The summed E-state index contributed by atoms with van der Waals surface area (Å²) in [4.78, 5) is 0. The first-order chi connectivity index (χ1) is 6.54. The van der Waals surface area contributed by atoms with Gasteiger partial charge in [0.05, 0.1) is 10.6 Å². The molecular formula is C8H3ClF3NO. The number of rotatable bonds is 2. The van der Waals surface area contributed by atoms with E-state index in [2.05, 4.69) is 4.74 Å². The third-order valence-corrected chi connectivity index (χ3v) is 1.62. The minimum absolute atomic E-state index is 0.344. The second kappa shape index (κ2) is 4.20. The average molecular weight is 222 g/mol. The zero-order valence-corrected chi connectivity index (χ0v) is 7.36. The van der Waals surface area contributed by atoms with E-state index in [9.17, 15) is 13.2 Å². The van der Waals surface area contributed by atoms with Crippen molar-refractivity contribution in [2.45, 2.75) is 6.61 Å². The Labute approximate surface area is 82.5 Å². The van der Waals surface area contributed by atoms with Gasteiger partial charge in [-0.3, -0.25) is 0 Å². The van der Waals surface area contributed by atoms with Crippen molar-refractivity contribution in [3.05, 3.63) is 28.5 Å². The third kappa shape index (κ3) is 2.30. The summed E-state index contributed by atoms with van der Waals surface area (Å²) in [6.07, 6.45) is 0. The molecule has 0 saturated carbocycles. The molecule has 0 aliphatic heterocycles. The molecule has 1 aromatic carbocycles. The molecule has 0 unspecified atom stereocenters. The zero-order valence-electron chi connectivity index (χ0n) is 6.60. The van der Waals surface area contributed by atoms with Crippen LogP contribution in [0.2, 0.25) is 5.02 Å². The number of halogens is 4. The molecule has 0 aliphatic rings. The van der Waals surface area contributed by atoms with E-state index in [1.165, 1.54) is 6.07 Å². The van der Waals surface area contributed by atoms with Crippen molar-refractivity contribution in [1.29, 1.82) is 5.26 Å². The van der Waals surface area contributed by atoms with Gasteiger partial charge in [0.25, 0.3) is 0 Å². The van der Waals surface area contributed by atoms with E-state index in [1.54, 1.807) is 0 Å². The molecular weight excluding hydrogens is 219 g/mol. The minimum Gasteiger partial charge on any atom is -0.435 e. The van der Waals surface area contributed by atoms with E-state index in [-0.39, 0.29) is 5.75 Å². The fourth-order valence-corrected chi connectivity index (χ4v) is 1.03. The summed E-state index contributed by atoms with van der Waals surface area (Å²) in [6.45, 7) is -3.04. The first kappa shape index (κ1) is 10.7. The summed E-state index contributed by atoms with van der Waals surface area (Å²) in [5.41, 5.74) is -0.437. The van der Waals surface area contributed by atoms with E-state index in [1.807, 2.05) is 0 Å². The number of hydrogen-bond acceptors (Lipinski definition) is 2. The molecule has 0 N–H and O–H groups in total. The second-order valence-electron chi connectivity index (χ2n) is 2.26. The largest absolute Gasteiger partial charge is 0.435 e. The van der Waals surface area contributed by atoms with Crippen LogP contribution in [-0.2, 0) is 0 Å². The quantitative estimate of drug-likeness (QED) is 0.769. The van der Waals surface area contributed by atoms with Crippen molar-refractivity contribution in [3.63, 3.8) is 0 Å². The van der Waals surface area contributed by atoms with Gasteiger partial charge in [0.1, 0.15) is 11.8 Å². The molecule has 6 heteroatoms. The average Bonchev–Trinajstić information content (AvgIpc) is 2.10. The molecule has 2 nitrogen and oxygen atoms in total. The molecule has 0 atom stereocenters. The summed E-state index contributed by atoms with van der Waals surface area (Å²) in [7, 11) is 0. The van der Waals surface area contributed by atoms with Crippen LogP contribution in [0.4, 0.5) is 13.2 Å². The molecule has 0 heterocycles. The smallest absolute Gasteiger partial charge is 0.387 e. The van der Waals surface area contributed by atoms with E-state index in [4.69, 9.17) is 16.9 Å². The lowest BCUT2D eigenvalue weighted by Crippen LogP contribution is -2.02. The Hall–Kier alpha value is -1.41. The van der Waals surface area contributed by atoms with Crippen LogP contribution in [0.15, 0.2) is 12.1 Å². The van der Waals surface area contributed by atoms with Crippen LogP contribution in [0.25, 0.3) is 0 Å². The molecule has 1 rings (SSSR count). The SMILES string of the molecule is N#Cc1cc(OC(F)F)cc(Cl)c1F. The summed E-state index contributed by atoms with van der Waals surface area (Å²) in [5.74, 6) is -1.29. The lowest BCUT2D eigenvalue weighted by Gasteiger charge is -2.05. The minimum atomic E-state index is -3.04. The number of hydrogen-bond donors (Lipinski definition) is 0. The maximum Gasteiger partial charge on any atom is 0.387 e. The Morgan fingerprint density at radius 3 is 2.57 bits per heavy atom. The Balaban J connectivity index is 3.11. The standard InChI is InChI=1S/C8H3ClF3NO/c9-6-2-5(14-8(11)12)1-4(3-13)7(6)10/h1-2,8H. The Morgan fingerprint density at radius 2 is 2.07 bits per heavy atom. The van der Waals surface area contributed by atoms with Gasteiger partial charge in [0.2, 0.25) is 0 Å². The predicted molar refractivity (Wildman–Crippen MR) is 42.8 cm³/mol. The van der Waals surface area contributed by atoms with Gasteiger partial charge in [-0.2, -0.15) is 14.0 Å². The third-order valence-electron chi connectivity index (χ3n) is 1.35. The second-order valence-corrected chi connectivity index (χ2v) is 2.66. The summed E-state index contributed by atoms with van der Waals surface area (Å²) >= 11 is 5.33. The van der Waals surface area contributed by atoms with Crippen LogP contribution in [0.3, 0.4) is 0 Å². The number of nitrogens with zero attached hydrogens (tertiary/aromatic N) is 1. The zero-order chi connectivity index (χ0) is 10.7. The predicted octanol–water partition coefficient (Wildman–Crippen LogP) is 2.95. The first-order valence-electron chi connectivity index (χ1n) is 3.38. The number of nitriles is 1. The lowest BCUT2D eigenvalue weighted by molar-refractivity contribution is -0.0498. The van der Waals surface area contributed by atoms with Crippen LogP contribution in [0.5, 0.6) is 5.75 Å². The van der Waals surface area contributed by atoms with Gasteiger partial charge in [-0.25, -0.2) is 4.39 Å². The molecule has 0 aromatic heterocycles. The van der Waals surface area contributed by atoms with Crippen molar-refractivity contribution >= 4 is 11.6 Å². The van der Waals surface area contributed by atoms with Gasteiger partial charge in [-0.05, 0) is 0 Å². The van der Waals surface area contributed by atoms with E-state index in [0.29, 0.717) is 0 Å². The number of ether oxygens (including phenoxy) is 1. The first-order valence-corrected chi connectivity index (χ1v) is 3.76.